The number of aliphatic carboxylic acids is 1. The van der Waals surface area contributed by atoms with Crippen LogP contribution < -0.4 is 5.32 Å². The van der Waals surface area contributed by atoms with E-state index in [9.17, 15) is 22.8 Å². The number of carbonyl (C=O) groups is 3. The van der Waals surface area contributed by atoms with E-state index in [1.165, 1.54) is 0 Å². The maximum Gasteiger partial charge on any atom is 0.307 e. The molecule has 0 radical (unpaired) electrons. The van der Waals surface area contributed by atoms with Gasteiger partial charge in [0, 0.05) is 29.8 Å². The molecular weight excluding hydrogens is 544 g/mol. The molecule has 0 unspecified atom stereocenters. The quantitative estimate of drug-likeness (QED) is 0.0821. The summed E-state index contributed by atoms with van der Waals surface area (Å²) in [6.07, 6.45) is 2.28. The molecule has 9 nitrogen and oxygen atoms in total. The minimum absolute atomic E-state index is 0.0909. The molecule has 1 aliphatic heterocycles. The van der Waals surface area contributed by atoms with Gasteiger partial charge in [-0.05, 0) is 54.8 Å². The van der Waals surface area contributed by atoms with Crippen molar-refractivity contribution in [1.82, 2.24) is 0 Å². The lowest BCUT2D eigenvalue weighted by Gasteiger charge is -2.28. The summed E-state index contributed by atoms with van der Waals surface area (Å²) in [7, 11) is -4.07. The Kier molecular flexibility index (Phi) is 7.39. The molecule has 3 N–H and O–H groups in total. The molecule has 0 spiro atoms. The van der Waals surface area contributed by atoms with Gasteiger partial charge >= 0.3 is 5.97 Å². The SMILES string of the molecule is CC1(C)C(C=C2C(=O)C(Nc3ccc(CC(=O)O)cc3)C2=O)=[N+](CCCCS(=O)(=O)O)c2ccc3ccccc3c21. The van der Waals surface area contributed by atoms with Crippen LogP contribution in [0.1, 0.15) is 37.8 Å². The fourth-order valence-electron chi connectivity index (χ4n) is 5.73. The number of benzene rings is 3. The first-order chi connectivity index (χ1) is 19.4. The first-order valence-corrected chi connectivity index (χ1v) is 15.0. The van der Waals surface area contributed by atoms with Crippen LogP contribution in [0.2, 0.25) is 0 Å². The lowest BCUT2D eigenvalue weighted by Crippen LogP contribution is -2.52. The second kappa shape index (κ2) is 10.7. The molecule has 0 saturated heterocycles. The summed E-state index contributed by atoms with van der Waals surface area (Å²) >= 11 is 0. The molecule has 10 heteroatoms. The number of unbranched alkanes of at least 4 members (excludes halogenated alkanes) is 1. The number of Topliss-reactive ketones (excluding diaryl/α,β-unsaturated/α-hetero) is 2. The van der Waals surface area contributed by atoms with Crippen molar-refractivity contribution in [2.75, 3.05) is 17.6 Å². The van der Waals surface area contributed by atoms with Crippen molar-refractivity contribution in [2.24, 2.45) is 0 Å². The molecule has 2 aliphatic rings. The largest absolute Gasteiger partial charge is 0.481 e. The Labute approximate surface area is 238 Å². The number of nitrogens with zero attached hydrogens (tertiary/aromatic N) is 1. The van der Waals surface area contributed by atoms with E-state index in [0.29, 0.717) is 24.2 Å². The van der Waals surface area contributed by atoms with Gasteiger partial charge in [-0.3, -0.25) is 18.9 Å². The summed E-state index contributed by atoms with van der Waals surface area (Å²) in [5, 5.41) is 14.0. The highest BCUT2D eigenvalue weighted by atomic mass is 32.2. The maximum atomic E-state index is 13.2. The van der Waals surface area contributed by atoms with Crippen LogP contribution in [-0.2, 0) is 36.3 Å². The van der Waals surface area contributed by atoms with E-state index < -0.39 is 27.5 Å². The highest BCUT2D eigenvalue weighted by Gasteiger charge is 2.50. The summed E-state index contributed by atoms with van der Waals surface area (Å²) < 4.78 is 33.7. The number of rotatable bonds is 10. The molecule has 0 aromatic heterocycles. The van der Waals surface area contributed by atoms with Crippen molar-refractivity contribution in [3.05, 3.63) is 83.4 Å². The van der Waals surface area contributed by atoms with Gasteiger partial charge in [-0.15, -0.1) is 0 Å². The highest BCUT2D eigenvalue weighted by Crippen LogP contribution is 2.45. The molecule has 0 amide bonds. The molecule has 41 heavy (non-hydrogen) atoms. The third-order valence-corrected chi connectivity index (χ3v) is 8.55. The van der Waals surface area contributed by atoms with Gasteiger partial charge in [-0.2, -0.15) is 13.0 Å². The number of carboxylic acids is 1. The summed E-state index contributed by atoms with van der Waals surface area (Å²) in [5.74, 6) is -1.95. The van der Waals surface area contributed by atoms with Crippen LogP contribution in [0.15, 0.2) is 72.3 Å². The number of anilines is 1. The molecule has 212 valence electrons. The van der Waals surface area contributed by atoms with E-state index in [0.717, 1.165) is 27.7 Å². The Hall–Kier alpha value is -4.15. The molecule has 3 aromatic carbocycles. The molecule has 1 fully saturated rings. The smallest absolute Gasteiger partial charge is 0.307 e. The number of hydrogen-bond donors (Lipinski definition) is 3. The van der Waals surface area contributed by atoms with Crippen molar-refractivity contribution in [3.8, 4) is 0 Å². The number of carbonyl (C=O) groups excluding carboxylic acids is 2. The van der Waals surface area contributed by atoms with Gasteiger partial charge in [0.1, 0.15) is 6.54 Å². The van der Waals surface area contributed by atoms with E-state index in [1.54, 1.807) is 30.3 Å². The highest BCUT2D eigenvalue weighted by molar-refractivity contribution is 7.85. The summed E-state index contributed by atoms with van der Waals surface area (Å²) in [5.41, 5.74) is 3.44. The van der Waals surface area contributed by atoms with Gasteiger partial charge in [0.05, 0.1) is 23.2 Å². The van der Waals surface area contributed by atoms with Crippen molar-refractivity contribution < 1.29 is 37.0 Å². The Bertz CT molecular complexity index is 1730. The van der Waals surface area contributed by atoms with E-state index in [-0.39, 0.29) is 35.7 Å². The maximum absolute atomic E-state index is 13.2. The van der Waals surface area contributed by atoms with Crippen LogP contribution in [0.5, 0.6) is 0 Å². The molecule has 5 rings (SSSR count). The normalized spacial score (nSPS) is 17.9. The van der Waals surface area contributed by atoms with E-state index in [2.05, 4.69) is 5.32 Å². The minimum atomic E-state index is -4.07. The summed E-state index contributed by atoms with van der Waals surface area (Å²) in [4.78, 5) is 37.3. The fourth-order valence-corrected chi connectivity index (χ4v) is 6.30. The number of hydrogen-bond acceptors (Lipinski definition) is 6. The Balaban J connectivity index is 1.45. The molecule has 0 bridgehead atoms. The molecule has 1 heterocycles. The summed E-state index contributed by atoms with van der Waals surface area (Å²) in [6.45, 7) is 4.53. The van der Waals surface area contributed by atoms with E-state index in [1.807, 2.05) is 54.8 Å². The Morgan fingerprint density at radius 1 is 1.00 bits per heavy atom. The van der Waals surface area contributed by atoms with Gasteiger partial charge in [-0.1, -0.05) is 36.4 Å². The summed E-state index contributed by atoms with van der Waals surface area (Å²) in [6, 6.07) is 17.6. The zero-order valence-corrected chi connectivity index (χ0v) is 23.6. The van der Waals surface area contributed by atoms with Gasteiger partial charge < -0.3 is 10.4 Å². The van der Waals surface area contributed by atoms with Crippen LogP contribution in [0, 0.1) is 0 Å². The minimum Gasteiger partial charge on any atom is -0.481 e. The topological polar surface area (TPSA) is 141 Å². The van der Waals surface area contributed by atoms with Crippen LogP contribution in [0.4, 0.5) is 11.4 Å². The number of allylic oxidation sites excluding steroid dienone is 1. The van der Waals surface area contributed by atoms with Gasteiger partial charge in [-0.25, -0.2) is 0 Å². The molecular formula is C31H31N2O7S+. The average molecular weight is 576 g/mol. The van der Waals surface area contributed by atoms with Crippen molar-refractivity contribution in [2.45, 2.75) is 44.6 Å². The molecule has 0 atom stereocenters. The lowest BCUT2D eigenvalue weighted by molar-refractivity contribution is -0.438. The Morgan fingerprint density at radius 2 is 1.68 bits per heavy atom. The number of ketones is 2. The molecule has 1 saturated carbocycles. The number of fused-ring (bicyclic) bond motifs is 3. The van der Waals surface area contributed by atoms with Crippen molar-refractivity contribution in [1.29, 1.82) is 0 Å². The van der Waals surface area contributed by atoms with E-state index in [4.69, 9.17) is 9.66 Å². The first-order valence-electron chi connectivity index (χ1n) is 13.4. The molecule has 1 aliphatic carbocycles. The Morgan fingerprint density at radius 3 is 2.34 bits per heavy atom. The van der Waals surface area contributed by atoms with Crippen LogP contribution in [-0.4, -0.2) is 64.2 Å². The third-order valence-electron chi connectivity index (χ3n) is 7.74. The van der Waals surface area contributed by atoms with Crippen molar-refractivity contribution >= 4 is 55.5 Å². The van der Waals surface area contributed by atoms with E-state index >= 15 is 0 Å². The lowest BCUT2D eigenvalue weighted by atomic mass is 9.75. The zero-order valence-electron chi connectivity index (χ0n) is 22.8. The van der Waals surface area contributed by atoms with Crippen molar-refractivity contribution in [3.63, 3.8) is 0 Å². The van der Waals surface area contributed by atoms with Crippen LogP contribution in [0.25, 0.3) is 10.8 Å². The molecule has 3 aromatic rings. The third kappa shape index (κ3) is 5.57. The fraction of sp³-hybridized carbons (Fsp3) is 0.290. The predicted molar refractivity (Wildman–Crippen MR) is 156 cm³/mol. The predicted octanol–water partition coefficient (Wildman–Crippen LogP) is 4.07. The first kappa shape index (κ1) is 28.4. The van der Waals surface area contributed by atoms with Gasteiger partial charge in [0.15, 0.2) is 23.3 Å². The number of carboxylic acid groups (broad SMARTS) is 1. The van der Waals surface area contributed by atoms with Gasteiger partial charge in [0.2, 0.25) is 5.69 Å². The monoisotopic (exact) mass is 575 g/mol. The van der Waals surface area contributed by atoms with Gasteiger partial charge in [0.25, 0.3) is 10.1 Å². The number of nitrogens with one attached hydrogen (secondary N) is 1. The second-order valence-electron chi connectivity index (χ2n) is 11.0. The zero-order chi connectivity index (χ0) is 29.5. The van der Waals surface area contributed by atoms with Crippen LogP contribution >= 0.6 is 0 Å². The van der Waals surface area contributed by atoms with Crippen LogP contribution in [0.3, 0.4) is 0 Å². The average Bonchev–Trinajstić information content (AvgIpc) is 3.13. The second-order valence-corrected chi connectivity index (χ2v) is 12.5. The standard InChI is InChI=1S/C31H30N2O7S/c1-31(2)25(18-23-29(36)28(30(23)37)32-21-12-9-19(10-13-21)17-26(34)35)33(15-5-6-16-41(38,39)40)24-14-11-20-7-3-4-8-22(20)27(24)31/h3-4,7-14,18,28,32H,5-6,15-17H2,1-2H3,(H-,34,35,38,39,40)/p+1.